The summed E-state index contributed by atoms with van der Waals surface area (Å²) < 4.78 is 0. The predicted octanol–water partition coefficient (Wildman–Crippen LogP) is 0.351. The monoisotopic (exact) mass is 221 g/mol. The average Bonchev–Trinajstić information content (AvgIpc) is 2.16. The van der Waals surface area contributed by atoms with Crippen molar-refractivity contribution in [3.63, 3.8) is 0 Å². The Morgan fingerprint density at radius 2 is 1.88 bits per heavy atom. The Kier molecular flexibility index (Phi) is 4.52. The summed E-state index contributed by atoms with van der Waals surface area (Å²) >= 11 is 0. The van der Waals surface area contributed by atoms with Gasteiger partial charge in [-0.25, -0.2) is 0 Å². The van der Waals surface area contributed by atoms with E-state index in [0.717, 1.165) is 0 Å². The Morgan fingerprint density at radius 3 is 2.31 bits per heavy atom. The van der Waals surface area contributed by atoms with Gasteiger partial charge in [-0.3, -0.25) is 4.79 Å². The second kappa shape index (κ2) is 5.68. The molecular formula is C11H16BNO3. The molecular weight excluding hydrogens is 205 g/mol. The summed E-state index contributed by atoms with van der Waals surface area (Å²) in [5.41, 5.74) is 1.07. The van der Waals surface area contributed by atoms with Gasteiger partial charge in [-0.2, -0.15) is 0 Å². The van der Waals surface area contributed by atoms with E-state index in [2.05, 4.69) is 5.32 Å². The molecule has 1 rings (SSSR count). The molecule has 3 N–H and O–H groups in total. The van der Waals surface area contributed by atoms with Crippen molar-refractivity contribution in [2.45, 2.75) is 20.3 Å². The number of rotatable bonds is 4. The highest BCUT2D eigenvalue weighted by atomic mass is 16.4. The van der Waals surface area contributed by atoms with Crippen molar-refractivity contribution in [3.05, 3.63) is 24.3 Å². The van der Waals surface area contributed by atoms with Gasteiger partial charge in [0.25, 0.3) is 0 Å². The fourth-order valence-corrected chi connectivity index (χ4v) is 1.32. The van der Waals surface area contributed by atoms with Crippen molar-refractivity contribution >= 4 is 24.2 Å². The lowest BCUT2D eigenvalue weighted by Gasteiger charge is -2.07. The summed E-state index contributed by atoms with van der Waals surface area (Å²) in [7, 11) is -1.47. The number of carbonyl (C=O) groups excluding carboxylic acids is 1. The lowest BCUT2D eigenvalue weighted by atomic mass is 9.80. The van der Waals surface area contributed by atoms with Gasteiger partial charge in [0.1, 0.15) is 0 Å². The number of carbonyl (C=O) groups is 1. The van der Waals surface area contributed by atoms with E-state index in [1.54, 1.807) is 24.3 Å². The fraction of sp³-hybridized carbons (Fsp3) is 0.364. The minimum Gasteiger partial charge on any atom is -0.423 e. The normalized spacial score (nSPS) is 10.3. The van der Waals surface area contributed by atoms with Gasteiger partial charge in [0.05, 0.1) is 0 Å². The Hall–Kier alpha value is -1.33. The highest BCUT2D eigenvalue weighted by Crippen LogP contribution is 2.07. The van der Waals surface area contributed by atoms with E-state index in [9.17, 15) is 4.79 Å². The van der Waals surface area contributed by atoms with Crippen molar-refractivity contribution < 1.29 is 14.8 Å². The molecule has 4 nitrogen and oxygen atoms in total. The SMILES string of the molecule is CC(C)CC(=O)Nc1ccc(B(O)O)cc1. The topological polar surface area (TPSA) is 69.6 Å². The maximum atomic E-state index is 11.4. The third-order valence-corrected chi connectivity index (χ3v) is 2.09. The minimum atomic E-state index is -1.47. The summed E-state index contributed by atoms with van der Waals surface area (Å²) in [4.78, 5) is 11.4. The van der Waals surface area contributed by atoms with E-state index in [1.165, 1.54) is 0 Å². The van der Waals surface area contributed by atoms with Crippen LogP contribution in [0, 0.1) is 5.92 Å². The highest BCUT2D eigenvalue weighted by Gasteiger charge is 2.10. The first-order chi connectivity index (χ1) is 7.49. The predicted molar refractivity (Wildman–Crippen MR) is 64.4 cm³/mol. The molecule has 0 radical (unpaired) electrons. The molecule has 0 unspecified atom stereocenters. The standard InChI is InChI=1S/C11H16BNO3/c1-8(2)7-11(14)13-10-5-3-9(4-6-10)12(15)16/h3-6,8,15-16H,7H2,1-2H3,(H,13,14). The van der Waals surface area contributed by atoms with Gasteiger partial charge in [-0.15, -0.1) is 0 Å². The van der Waals surface area contributed by atoms with E-state index >= 15 is 0 Å². The van der Waals surface area contributed by atoms with Crippen LogP contribution in [0.2, 0.25) is 0 Å². The van der Waals surface area contributed by atoms with Crippen LogP contribution >= 0.6 is 0 Å². The van der Waals surface area contributed by atoms with Gasteiger partial charge >= 0.3 is 7.12 Å². The van der Waals surface area contributed by atoms with Crippen LogP contribution in [-0.4, -0.2) is 23.1 Å². The summed E-state index contributed by atoms with van der Waals surface area (Å²) in [5, 5.41) is 20.5. The molecule has 0 aliphatic carbocycles. The van der Waals surface area contributed by atoms with Crippen LogP contribution in [0.4, 0.5) is 5.69 Å². The zero-order valence-corrected chi connectivity index (χ0v) is 9.47. The average molecular weight is 221 g/mol. The molecule has 0 bridgehead atoms. The number of amides is 1. The number of anilines is 1. The molecule has 0 aromatic heterocycles. The lowest BCUT2D eigenvalue weighted by Crippen LogP contribution is -2.29. The van der Waals surface area contributed by atoms with Gasteiger partial charge in [-0.1, -0.05) is 26.0 Å². The van der Waals surface area contributed by atoms with Crippen LogP contribution in [0.15, 0.2) is 24.3 Å². The van der Waals surface area contributed by atoms with Crippen molar-refractivity contribution in [1.82, 2.24) is 0 Å². The minimum absolute atomic E-state index is 0.0349. The number of benzene rings is 1. The smallest absolute Gasteiger partial charge is 0.423 e. The van der Waals surface area contributed by atoms with Crippen LogP contribution in [-0.2, 0) is 4.79 Å². The summed E-state index contributed by atoms with van der Waals surface area (Å²) in [6.45, 7) is 3.95. The highest BCUT2D eigenvalue weighted by molar-refractivity contribution is 6.58. The molecule has 0 fully saturated rings. The molecule has 16 heavy (non-hydrogen) atoms. The second-order valence-corrected chi connectivity index (χ2v) is 4.14. The first kappa shape index (κ1) is 12.7. The molecule has 0 heterocycles. The Labute approximate surface area is 95.4 Å². The number of nitrogens with one attached hydrogen (secondary N) is 1. The molecule has 0 spiro atoms. The van der Waals surface area contributed by atoms with Crippen molar-refractivity contribution in [2.75, 3.05) is 5.32 Å². The van der Waals surface area contributed by atoms with Crippen LogP contribution in [0.5, 0.6) is 0 Å². The van der Waals surface area contributed by atoms with Crippen LogP contribution in [0.1, 0.15) is 20.3 Å². The third-order valence-electron chi connectivity index (χ3n) is 2.09. The Morgan fingerprint density at radius 1 is 1.31 bits per heavy atom. The first-order valence-corrected chi connectivity index (χ1v) is 5.25. The van der Waals surface area contributed by atoms with Crippen molar-refractivity contribution in [2.24, 2.45) is 5.92 Å². The molecule has 5 heteroatoms. The molecule has 1 amide bonds. The quantitative estimate of drug-likeness (QED) is 0.642. The van der Waals surface area contributed by atoms with Gasteiger partial charge in [0.2, 0.25) is 5.91 Å². The Balaban J connectivity index is 2.58. The first-order valence-electron chi connectivity index (χ1n) is 5.25. The fourth-order valence-electron chi connectivity index (χ4n) is 1.32. The Bertz CT molecular complexity index is 349. The molecule has 1 aromatic carbocycles. The van der Waals surface area contributed by atoms with Gasteiger partial charge < -0.3 is 15.4 Å². The van der Waals surface area contributed by atoms with Crippen molar-refractivity contribution in [1.29, 1.82) is 0 Å². The molecule has 0 aliphatic heterocycles. The lowest BCUT2D eigenvalue weighted by molar-refractivity contribution is -0.116. The van der Waals surface area contributed by atoms with E-state index in [-0.39, 0.29) is 5.91 Å². The van der Waals surface area contributed by atoms with Gasteiger partial charge in [0.15, 0.2) is 0 Å². The van der Waals surface area contributed by atoms with Crippen LogP contribution < -0.4 is 10.8 Å². The van der Waals surface area contributed by atoms with Crippen LogP contribution in [0.25, 0.3) is 0 Å². The van der Waals surface area contributed by atoms with E-state index in [0.29, 0.717) is 23.5 Å². The summed E-state index contributed by atoms with van der Waals surface area (Å²) in [5.74, 6) is 0.283. The molecule has 0 saturated heterocycles. The molecule has 1 aromatic rings. The maximum Gasteiger partial charge on any atom is 0.488 e. The third kappa shape index (κ3) is 4.04. The van der Waals surface area contributed by atoms with E-state index in [4.69, 9.17) is 10.0 Å². The molecule has 0 saturated carbocycles. The van der Waals surface area contributed by atoms with E-state index < -0.39 is 7.12 Å². The largest absolute Gasteiger partial charge is 0.488 e. The second-order valence-electron chi connectivity index (χ2n) is 4.14. The maximum absolute atomic E-state index is 11.4. The van der Waals surface area contributed by atoms with E-state index in [1.807, 2.05) is 13.8 Å². The zero-order chi connectivity index (χ0) is 12.1. The zero-order valence-electron chi connectivity index (χ0n) is 9.47. The van der Waals surface area contributed by atoms with Gasteiger partial charge in [-0.05, 0) is 23.5 Å². The number of hydrogen-bond acceptors (Lipinski definition) is 3. The molecule has 0 atom stereocenters. The van der Waals surface area contributed by atoms with Gasteiger partial charge in [0, 0.05) is 12.1 Å². The summed E-state index contributed by atoms with van der Waals surface area (Å²) in [6.07, 6.45) is 0.477. The van der Waals surface area contributed by atoms with Crippen molar-refractivity contribution in [3.8, 4) is 0 Å². The molecule has 0 aliphatic rings. The number of hydrogen-bond donors (Lipinski definition) is 3. The molecule has 86 valence electrons. The van der Waals surface area contributed by atoms with Crippen LogP contribution in [0.3, 0.4) is 0 Å². The summed E-state index contributed by atoms with van der Waals surface area (Å²) in [6, 6.07) is 6.42.